The number of carbonyl (C=O) groups excluding carboxylic acids is 1. The minimum absolute atomic E-state index is 0.117. The highest BCUT2D eigenvalue weighted by Crippen LogP contribution is 2.31. The number of aryl methyl sites for hydroxylation is 1. The number of rotatable bonds is 4. The van der Waals surface area contributed by atoms with Crippen LogP contribution in [0.4, 0.5) is 5.69 Å². The number of fused-ring (bicyclic) bond motifs is 2. The van der Waals surface area contributed by atoms with Crippen LogP contribution in [0.15, 0.2) is 65.7 Å². The summed E-state index contributed by atoms with van der Waals surface area (Å²) in [5.41, 5.74) is 3.45. The van der Waals surface area contributed by atoms with Crippen molar-refractivity contribution in [2.75, 3.05) is 24.5 Å². The van der Waals surface area contributed by atoms with E-state index in [1.807, 2.05) is 30.3 Å². The Morgan fingerprint density at radius 2 is 1.78 bits per heavy atom. The lowest BCUT2D eigenvalue weighted by molar-refractivity contribution is -0.114. The summed E-state index contributed by atoms with van der Waals surface area (Å²) in [7, 11) is -3.47. The highest BCUT2D eigenvalue weighted by atomic mass is 32.2. The molecule has 2 aliphatic rings. The van der Waals surface area contributed by atoms with Crippen LogP contribution in [0, 0.1) is 0 Å². The van der Waals surface area contributed by atoms with Crippen LogP contribution in [0.5, 0.6) is 0 Å². The number of hydrogen-bond donors (Lipinski definition) is 0. The molecular weight excluding hydrogens is 422 g/mol. The third-order valence-corrected chi connectivity index (χ3v) is 8.10. The van der Waals surface area contributed by atoms with Crippen molar-refractivity contribution in [3.8, 4) is 0 Å². The molecule has 0 saturated carbocycles. The van der Waals surface area contributed by atoms with Crippen LogP contribution >= 0.6 is 0 Å². The highest BCUT2D eigenvalue weighted by molar-refractivity contribution is 7.89. The Bertz CT molecular complexity index is 1310. The molecule has 1 fully saturated rings. The SMILES string of the molecule is O=C(/C=C/c1cccc2cccnc12)N1CCCc2cc(S(=O)(=O)N3CCCC3)ccc21. The molecule has 0 N–H and O–H groups in total. The van der Waals surface area contributed by atoms with Gasteiger partial charge in [0.2, 0.25) is 10.0 Å². The van der Waals surface area contributed by atoms with Gasteiger partial charge in [-0.15, -0.1) is 0 Å². The van der Waals surface area contributed by atoms with Gasteiger partial charge in [-0.1, -0.05) is 24.3 Å². The Morgan fingerprint density at radius 3 is 2.62 bits per heavy atom. The van der Waals surface area contributed by atoms with Crippen molar-refractivity contribution >= 4 is 38.6 Å². The van der Waals surface area contributed by atoms with Crippen molar-refractivity contribution in [2.24, 2.45) is 0 Å². The molecule has 3 heterocycles. The van der Waals surface area contributed by atoms with Crippen LogP contribution in [0.2, 0.25) is 0 Å². The van der Waals surface area contributed by atoms with Gasteiger partial charge in [-0.3, -0.25) is 9.78 Å². The maximum atomic E-state index is 13.1. The third-order valence-electron chi connectivity index (χ3n) is 6.21. The van der Waals surface area contributed by atoms with Gasteiger partial charge in [0.05, 0.1) is 10.4 Å². The lowest BCUT2D eigenvalue weighted by atomic mass is 10.0. The second-order valence-corrected chi connectivity index (χ2v) is 10.2. The number of amides is 1. The quantitative estimate of drug-likeness (QED) is 0.567. The summed E-state index contributed by atoms with van der Waals surface area (Å²) in [5, 5.41) is 1.03. The van der Waals surface area contributed by atoms with Gasteiger partial charge in [0, 0.05) is 48.5 Å². The molecule has 164 valence electrons. The standard InChI is InChI=1S/C25H25N3O3S/c29-24(13-10-20-7-3-6-19-8-4-14-26-25(19)20)28-17-5-9-21-18-22(11-12-23(21)28)32(30,31)27-15-1-2-16-27/h3-4,6-8,10-14,18H,1-2,5,9,15-17H2/b13-10+. The minimum atomic E-state index is -3.47. The minimum Gasteiger partial charge on any atom is -0.309 e. The summed E-state index contributed by atoms with van der Waals surface area (Å²) >= 11 is 0. The number of carbonyl (C=O) groups is 1. The molecule has 0 spiro atoms. The first-order valence-electron chi connectivity index (χ1n) is 11.0. The van der Waals surface area contributed by atoms with Gasteiger partial charge in [0.25, 0.3) is 5.91 Å². The van der Waals surface area contributed by atoms with Crippen LogP contribution < -0.4 is 4.90 Å². The fourth-order valence-corrected chi connectivity index (χ4v) is 6.12. The topological polar surface area (TPSA) is 70.6 Å². The number of anilines is 1. The Hall–Kier alpha value is -3.03. The Morgan fingerprint density at radius 1 is 0.969 bits per heavy atom. The summed E-state index contributed by atoms with van der Waals surface area (Å²) < 4.78 is 27.4. The second kappa shape index (κ2) is 8.48. The van der Waals surface area contributed by atoms with Gasteiger partial charge in [0.15, 0.2) is 0 Å². The second-order valence-electron chi connectivity index (χ2n) is 8.25. The first-order valence-corrected chi connectivity index (χ1v) is 12.4. The normalized spacial score (nSPS) is 17.2. The Labute approximate surface area is 188 Å². The molecule has 5 rings (SSSR count). The summed E-state index contributed by atoms with van der Waals surface area (Å²) in [4.78, 5) is 19.5. The molecule has 2 aromatic carbocycles. The lowest BCUT2D eigenvalue weighted by Crippen LogP contribution is -2.34. The summed E-state index contributed by atoms with van der Waals surface area (Å²) in [5.74, 6) is -0.117. The lowest BCUT2D eigenvalue weighted by Gasteiger charge is -2.29. The first-order chi connectivity index (χ1) is 15.5. The number of hydrogen-bond acceptors (Lipinski definition) is 4. The zero-order valence-electron chi connectivity index (χ0n) is 17.8. The van der Waals surface area contributed by atoms with Crippen LogP contribution in [0.25, 0.3) is 17.0 Å². The maximum absolute atomic E-state index is 13.1. The van der Waals surface area contributed by atoms with E-state index in [1.165, 1.54) is 0 Å². The van der Waals surface area contributed by atoms with Crippen LogP contribution in [0.1, 0.15) is 30.4 Å². The zero-order chi connectivity index (χ0) is 22.1. The largest absolute Gasteiger partial charge is 0.309 e. The van der Waals surface area contributed by atoms with E-state index in [-0.39, 0.29) is 5.91 Å². The van der Waals surface area contributed by atoms with Gasteiger partial charge in [0.1, 0.15) is 0 Å². The Kier molecular flexibility index (Phi) is 5.53. The number of benzene rings is 2. The number of para-hydroxylation sites is 1. The van der Waals surface area contributed by atoms with Gasteiger partial charge < -0.3 is 4.90 Å². The molecule has 0 bridgehead atoms. The van der Waals surface area contributed by atoms with E-state index in [0.717, 1.165) is 53.4 Å². The van der Waals surface area contributed by atoms with E-state index >= 15 is 0 Å². The fourth-order valence-electron chi connectivity index (χ4n) is 4.55. The predicted octanol–water partition coefficient (Wildman–Crippen LogP) is 4.01. The molecule has 2 aliphatic heterocycles. The van der Waals surface area contributed by atoms with Crippen LogP contribution in [0.3, 0.4) is 0 Å². The molecule has 6 nitrogen and oxygen atoms in total. The fraction of sp³-hybridized carbons (Fsp3) is 0.280. The molecule has 0 aliphatic carbocycles. The molecular formula is C25H25N3O3S. The van der Waals surface area contributed by atoms with E-state index in [4.69, 9.17) is 0 Å². The third kappa shape index (κ3) is 3.82. The average molecular weight is 448 g/mol. The van der Waals surface area contributed by atoms with E-state index in [9.17, 15) is 13.2 Å². The molecule has 32 heavy (non-hydrogen) atoms. The molecule has 0 radical (unpaired) electrons. The van der Waals surface area contributed by atoms with Crippen molar-refractivity contribution < 1.29 is 13.2 Å². The molecule has 7 heteroatoms. The molecule has 3 aromatic rings. The zero-order valence-corrected chi connectivity index (χ0v) is 18.6. The summed E-state index contributed by atoms with van der Waals surface area (Å²) in [6.07, 6.45) is 8.51. The van der Waals surface area contributed by atoms with Crippen molar-refractivity contribution in [1.29, 1.82) is 0 Å². The molecule has 0 atom stereocenters. The van der Waals surface area contributed by atoms with Gasteiger partial charge in [-0.2, -0.15) is 4.31 Å². The summed E-state index contributed by atoms with van der Waals surface area (Å²) in [6, 6.07) is 14.9. The van der Waals surface area contributed by atoms with Crippen molar-refractivity contribution in [3.63, 3.8) is 0 Å². The van der Waals surface area contributed by atoms with E-state index in [2.05, 4.69) is 4.98 Å². The monoisotopic (exact) mass is 447 g/mol. The van der Waals surface area contributed by atoms with Crippen molar-refractivity contribution in [3.05, 3.63) is 71.9 Å². The van der Waals surface area contributed by atoms with E-state index in [1.54, 1.807) is 45.8 Å². The molecule has 1 aromatic heterocycles. The molecule has 1 saturated heterocycles. The van der Waals surface area contributed by atoms with Crippen LogP contribution in [-0.2, 0) is 21.2 Å². The smallest absolute Gasteiger partial charge is 0.250 e. The summed E-state index contributed by atoms with van der Waals surface area (Å²) in [6.45, 7) is 1.78. The predicted molar refractivity (Wildman–Crippen MR) is 126 cm³/mol. The first kappa shape index (κ1) is 20.8. The van der Waals surface area contributed by atoms with Gasteiger partial charge >= 0.3 is 0 Å². The number of aromatic nitrogens is 1. The van der Waals surface area contributed by atoms with E-state index in [0.29, 0.717) is 24.5 Å². The van der Waals surface area contributed by atoms with Gasteiger partial charge in [-0.25, -0.2) is 8.42 Å². The van der Waals surface area contributed by atoms with Crippen molar-refractivity contribution in [1.82, 2.24) is 9.29 Å². The molecule has 1 amide bonds. The number of pyridine rings is 1. The number of sulfonamides is 1. The number of nitrogens with zero attached hydrogens (tertiary/aromatic N) is 3. The highest BCUT2D eigenvalue weighted by Gasteiger charge is 2.29. The van der Waals surface area contributed by atoms with E-state index < -0.39 is 10.0 Å². The Balaban J connectivity index is 1.41. The average Bonchev–Trinajstić information content (AvgIpc) is 3.38. The molecule has 0 unspecified atom stereocenters. The van der Waals surface area contributed by atoms with Crippen LogP contribution in [-0.4, -0.2) is 43.2 Å². The van der Waals surface area contributed by atoms with Gasteiger partial charge in [-0.05, 0) is 61.6 Å². The maximum Gasteiger partial charge on any atom is 0.250 e. The van der Waals surface area contributed by atoms with Crippen molar-refractivity contribution in [2.45, 2.75) is 30.6 Å².